The molecule has 258 valence electrons. The van der Waals surface area contributed by atoms with Crippen molar-refractivity contribution >= 4 is 0 Å². The van der Waals surface area contributed by atoms with Crippen molar-refractivity contribution in [2.45, 2.75) is 203 Å². The van der Waals surface area contributed by atoms with Crippen molar-refractivity contribution in [2.24, 2.45) is 76.9 Å². The van der Waals surface area contributed by atoms with Gasteiger partial charge >= 0.3 is 0 Å². The summed E-state index contributed by atoms with van der Waals surface area (Å²) in [5.41, 5.74) is 0. The van der Waals surface area contributed by atoms with Crippen LogP contribution < -0.4 is 0 Å². The van der Waals surface area contributed by atoms with Crippen molar-refractivity contribution in [3.05, 3.63) is 0 Å². The summed E-state index contributed by atoms with van der Waals surface area (Å²) in [5.74, 6) is 13.8. The molecule has 0 aromatic heterocycles. The standard InChI is InChI=1S/C24H44.C20H38/c1-5-8-11-22-17(4)15-20-10-9-12-23(20)24(22)21-14-13-18(6-2)19(7-3)16-21;1-4-6-20-15-16(3)7-13-19(20)14-12-18-10-8-17(5-2)9-11-18/h17-24H,5-16H2,1-4H3;16-20H,4-15H2,1-3H3. The summed E-state index contributed by atoms with van der Waals surface area (Å²) in [4.78, 5) is 0. The normalized spacial score (nSPS) is 42.8. The van der Waals surface area contributed by atoms with Crippen molar-refractivity contribution in [3.8, 4) is 0 Å². The van der Waals surface area contributed by atoms with Crippen LogP contribution >= 0.6 is 0 Å². The van der Waals surface area contributed by atoms with Crippen molar-refractivity contribution < 1.29 is 0 Å². The molecule has 0 radical (unpaired) electrons. The molecule has 0 aliphatic heterocycles. The fourth-order valence-corrected chi connectivity index (χ4v) is 12.6. The zero-order valence-electron chi connectivity index (χ0n) is 31.5. The summed E-state index contributed by atoms with van der Waals surface area (Å²) < 4.78 is 0. The minimum absolute atomic E-state index is 1.00. The molecular formula is C44H82. The number of hydrogen-bond donors (Lipinski definition) is 0. The average molecular weight is 611 g/mol. The summed E-state index contributed by atoms with van der Waals surface area (Å²) in [6, 6.07) is 0. The molecule has 0 heteroatoms. The maximum Gasteiger partial charge on any atom is -0.0324 e. The van der Waals surface area contributed by atoms with Crippen molar-refractivity contribution in [2.75, 3.05) is 0 Å². The van der Waals surface area contributed by atoms with Crippen LogP contribution in [0.2, 0.25) is 0 Å². The van der Waals surface area contributed by atoms with E-state index in [-0.39, 0.29) is 0 Å². The molecule has 5 rings (SSSR count). The zero-order chi connectivity index (χ0) is 31.5. The molecule has 0 bridgehead atoms. The first-order chi connectivity index (χ1) is 21.4. The van der Waals surface area contributed by atoms with E-state index in [1.807, 2.05) is 0 Å². The minimum atomic E-state index is 1.00. The minimum Gasteiger partial charge on any atom is -0.0654 e. The Morgan fingerprint density at radius 2 is 1.20 bits per heavy atom. The predicted octanol–water partition coefficient (Wildman–Crippen LogP) is 14.6. The summed E-state index contributed by atoms with van der Waals surface area (Å²) in [7, 11) is 0. The largest absolute Gasteiger partial charge is 0.0654 e. The van der Waals surface area contributed by atoms with Crippen LogP contribution in [0.15, 0.2) is 0 Å². The molecule has 5 aliphatic carbocycles. The van der Waals surface area contributed by atoms with Crippen LogP contribution in [-0.4, -0.2) is 0 Å². The van der Waals surface area contributed by atoms with Gasteiger partial charge in [-0.05, 0) is 135 Å². The smallest absolute Gasteiger partial charge is 0.0324 e. The van der Waals surface area contributed by atoms with Gasteiger partial charge in [0.25, 0.3) is 0 Å². The first-order valence-corrected chi connectivity index (χ1v) is 21.4. The maximum atomic E-state index is 2.62. The lowest BCUT2D eigenvalue weighted by Gasteiger charge is -2.51. The Bertz CT molecular complexity index is 745. The Labute approximate surface area is 278 Å². The quantitative estimate of drug-likeness (QED) is 0.206. The van der Waals surface area contributed by atoms with E-state index in [4.69, 9.17) is 0 Å². The van der Waals surface area contributed by atoms with Gasteiger partial charge in [-0.15, -0.1) is 0 Å². The van der Waals surface area contributed by atoms with Crippen LogP contribution in [0.25, 0.3) is 0 Å². The fraction of sp³-hybridized carbons (Fsp3) is 1.00. The molecule has 5 fully saturated rings. The van der Waals surface area contributed by atoms with Crippen molar-refractivity contribution in [1.29, 1.82) is 0 Å². The Morgan fingerprint density at radius 3 is 1.89 bits per heavy atom. The van der Waals surface area contributed by atoms with Gasteiger partial charge in [-0.3, -0.25) is 0 Å². The van der Waals surface area contributed by atoms with E-state index in [1.54, 1.807) is 70.6 Å². The maximum absolute atomic E-state index is 2.62. The van der Waals surface area contributed by atoms with Gasteiger partial charge in [0.15, 0.2) is 0 Å². The molecule has 0 N–H and O–H groups in total. The SMILES string of the molecule is CCCC1CC(C)CCC1CCC1CCC(CC)CC1.CCCCC1C(C)CC2CCCC2C1C1CCC(CC)C(CC)C1. The van der Waals surface area contributed by atoms with Gasteiger partial charge in [-0.25, -0.2) is 0 Å². The van der Waals surface area contributed by atoms with Gasteiger partial charge < -0.3 is 0 Å². The summed E-state index contributed by atoms with van der Waals surface area (Å²) in [6.45, 7) is 17.1. The summed E-state index contributed by atoms with van der Waals surface area (Å²) >= 11 is 0. The molecule has 5 saturated carbocycles. The first-order valence-electron chi connectivity index (χ1n) is 21.4. The van der Waals surface area contributed by atoms with Gasteiger partial charge in [0.2, 0.25) is 0 Å². The van der Waals surface area contributed by atoms with E-state index in [0.717, 1.165) is 76.9 Å². The van der Waals surface area contributed by atoms with Gasteiger partial charge in [0, 0.05) is 0 Å². The van der Waals surface area contributed by atoms with Crippen LogP contribution in [0.4, 0.5) is 0 Å². The van der Waals surface area contributed by atoms with E-state index < -0.39 is 0 Å². The highest BCUT2D eigenvalue weighted by Gasteiger charge is 2.48. The third-order valence-electron chi connectivity index (χ3n) is 15.3. The fourth-order valence-electron chi connectivity index (χ4n) is 12.6. The predicted molar refractivity (Wildman–Crippen MR) is 196 cm³/mol. The second-order valence-electron chi connectivity index (χ2n) is 18.0. The first kappa shape index (κ1) is 36.8. The lowest BCUT2D eigenvalue weighted by atomic mass is 9.55. The highest BCUT2D eigenvalue weighted by Crippen LogP contribution is 2.57. The van der Waals surface area contributed by atoms with E-state index in [0.29, 0.717) is 0 Å². The molecule has 11 atom stereocenters. The lowest BCUT2D eigenvalue weighted by molar-refractivity contribution is -0.0149. The Morgan fingerprint density at radius 1 is 0.477 bits per heavy atom. The molecule has 0 saturated heterocycles. The van der Waals surface area contributed by atoms with E-state index in [1.165, 1.54) is 83.5 Å². The van der Waals surface area contributed by atoms with Gasteiger partial charge in [-0.1, -0.05) is 145 Å². The average Bonchev–Trinajstić information content (AvgIpc) is 3.51. The molecular weight excluding hydrogens is 528 g/mol. The van der Waals surface area contributed by atoms with Gasteiger partial charge in [0.1, 0.15) is 0 Å². The molecule has 44 heavy (non-hydrogen) atoms. The van der Waals surface area contributed by atoms with Gasteiger partial charge in [-0.2, -0.15) is 0 Å². The molecule has 0 amide bonds. The number of fused-ring (bicyclic) bond motifs is 1. The molecule has 0 spiro atoms. The van der Waals surface area contributed by atoms with E-state index in [9.17, 15) is 0 Å². The van der Waals surface area contributed by atoms with Crippen molar-refractivity contribution in [3.63, 3.8) is 0 Å². The third kappa shape index (κ3) is 10.0. The van der Waals surface area contributed by atoms with Crippen LogP contribution in [-0.2, 0) is 0 Å². The number of unbranched alkanes of at least 4 members (excludes halogenated alkanes) is 1. The second kappa shape index (κ2) is 19.1. The summed E-state index contributed by atoms with van der Waals surface area (Å²) in [5, 5.41) is 0. The Hall–Kier alpha value is 0. The third-order valence-corrected chi connectivity index (χ3v) is 15.3. The molecule has 5 aliphatic rings. The van der Waals surface area contributed by atoms with Crippen LogP contribution in [0.5, 0.6) is 0 Å². The highest BCUT2D eigenvalue weighted by molar-refractivity contribution is 4.98. The summed E-state index contributed by atoms with van der Waals surface area (Å²) in [6.07, 6.45) is 36.4. The topological polar surface area (TPSA) is 0 Å². The van der Waals surface area contributed by atoms with Crippen LogP contribution in [0.3, 0.4) is 0 Å². The van der Waals surface area contributed by atoms with Crippen molar-refractivity contribution in [1.82, 2.24) is 0 Å². The molecule has 0 heterocycles. The Kier molecular flexibility index (Phi) is 16.0. The van der Waals surface area contributed by atoms with Crippen LogP contribution in [0, 0.1) is 76.9 Å². The second-order valence-corrected chi connectivity index (χ2v) is 18.0. The monoisotopic (exact) mass is 611 g/mol. The number of rotatable bonds is 12. The lowest BCUT2D eigenvalue weighted by Crippen LogP contribution is -2.43. The zero-order valence-corrected chi connectivity index (χ0v) is 31.5. The van der Waals surface area contributed by atoms with E-state index >= 15 is 0 Å². The van der Waals surface area contributed by atoms with E-state index in [2.05, 4.69) is 48.5 Å². The Balaban J connectivity index is 0.000000204. The molecule has 11 unspecified atom stereocenters. The molecule has 0 aromatic carbocycles. The molecule has 0 aromatic rings. The van der Waals surface area contributed by atoms with Crippen LogP contribution in [0.1, 0.15) is 203 Å². The number of hydrogen-bond acceptors (Lipinski definition) is 0. The molecule has 0 nitrogen and oxygen atoms in total. The van der Waals surface area contributed by atoms with Gasteiger partial charge in [0.05, 0.1) is 0 Å². The highest BCUT2D eigenvalue weighted by atomic mass is 14.5.